The largest absolute Gasteiger partial charge is 0.374 e. The maximum atomic E-state index is 5.93. The molecule has 0 aromatic heterocycles. The molecule has 1 atom stereocenters. The average Bonchev–Trinajstić information content (AvgIpc) is 2.15. The molecule has 0 radical (unpaired) electrons. The predicted octanol–water partition coefficient (Wildman–Crippen LogP) is 2.98. The van der Waals surface area contributed by atoms with Gasteiger partial charge in [0.1, 0.15) is 0 Å². The van der Waals surface area contributed by atoms with E-state index in [1.807, 2.05) is 0 Å². The highest BCUT2D eigenvalue weighted by Crippen LogP contribution is 2.23. The van der Waals surface area contributed by atoms with Gasteiger partial charge < -0.3 is 10.6 Å². The summed E-state index contributed by atoms with van der Waals surface area (Å²) >= 11 is 0. The van der Waals surface area contributed by atoms with Crippen molar-refractivity contribution < 1.29 is 0 Å². The maximum absolute atomic E-state index is 5.93. The third kappa shape index (κ3) is 4.39. The molecule has 0 aliphatic rings. The first-order chi connectivity index (χ1) is 7.90. The second-order valence-electron chi connectivity index (χ2n) is 5.59. The molecule has 0 amide bonds. The second kappa shape index (κ2) is 6.06. The van der Waals surface area contributed by atoms with Crippen molar-refractivity contribution in [3.63, 3.8) is 0 Å². The monoisotopic (exact) mass is 234 g/mol. The van der Waals surface area contributed by atoms with Crippen LogP contribution in [-0.4, -0.2) is 19.6 Å². The smallest absolute Gasteiger partial charge is 0.0397 e. The zero-order valence-corrected chi connectivity index (χ0v) is 11.8. The summed E-state index contributed by atoms with van der Waals surface area (Å²) in [5.41, 5.74) is 9.92. The van der Waals surface area contributed by atoms with Crippen molar-refractivity contribution in [2.24, 2.45) is 11.7 Å². The number of rotatable bonds is 5. The van der Waals surface area contributed by atoms with Gasteiger partial charge in [0.05, 0.1) is 0 Å². The molecule has 0 aliphatic carbocycles. The van der Waals surface area contributed by atoms with Gasteiger partial charge in [-0.15, -0.1) is 0 Å². The Kier molecular flexibility index (Phi) is 5.01. The van der Waals surface area contributed by atoms with Crippen LogP contribution in [-0.2, 0) is 6.42 Å². The highest BCUT2D eigenvalue weighted by molar-refractivity contribution is 5.54. The van der Waals surface area contributed by atoms with Crippen LogP contribution in [0.4, 0.5) is 5.69 Å². The van der Waals surface area contributed by atoms with Crippen molar-refractivity contribution in [1.82, 2.24) is 0 Å². The summed E-state index contributed by atoms with van der Waals surface area (Å²) in [7, 11) is 2.16. The minimum atomic E-state index is 0.211. The van der Waals surface area contributed by atoms with E-state index >= 15 is 0 Å². The SMILES string of the molecule is Cc1ccc(N(C)CC(C)C)c(CC(C)N)c1. The van der Waals surface area contributed by atoms with Crippen LogP contribution >= 0.6 is 0 Å². The fourth-order valence-electron chi connectivity index (χ4n) is 2.24. The first kappa shape index (κ1) is 14.0. The maximum Gasteiger partial charge on any atom is 0.0397 e. The van der Waals surface area contributed by atoms with Crippen LogP contribution in [0, 0.1) is 12.8 Å². The van der Waals surface area contributed by atoms with E-state index in [9.17, 15) is 0 Å². The van der Waals surface area contributed by atoms with Gasteiger partial charge >= 0.3 is 0 Å². The summed E-state index contributed by atoms with van der Waals surface area (Å²) in [6.07, 6.45) is 0.944. The Balaban J connectivity index is 2.96. The van der Waals surface area contributed by atoms with Crippen molar-refractivity contribution in [3.8, 4) is 0 Å². The average molecular weight is 234 g/mol. The van der Waals surface area contributed by atoms with E-state index in [4.69, 9.17) is 5.73 Å². The van der Waals surface area contributed by atoms with Gasteiger partial charge in [-0.05, 0) is 37.8 Å². The lowest BCUT2D eigenvalue weighted by molar-refractivity contribution is 0.635. The van der Waals surface area contributed by atoms with Crippen molar-refractivity contribution in [2.75, 3.05) is 18.5 Å². The number of aryl methyl sites for hydroxylation is 1. The number of nitrogens with two attached hydrogens (primary N) is 1. The van der Waals surface area contributed by atoms with Crippen LogP contribution in [0.25, 0.3) is 0 Å². The van der Waals surface area contributed by atoms with E-state index in [0.29, 0.717) is 5.92 Å². The minimum Gasteiger partial charge on any atom is -0.374 e. The van der Waals surface area contributed by atoms with E-state index in [-0.39, 0.29) is 6.04 Å². The number of nitrogens with zero attached hydrogens (tertiary/aromatic N) is 1. The molecule has 2 N–H and O–H groups in total. The van der Waals surface area contributed by atoms with E-state index < -0.39 is 0 Å². The summed E-state index contributed by atoms with van der Waals surface area (Å²) in [5.74, 6) is 0.671. The number of anilines is 1. The number of hydrogen-bond donors (Lipinski definition) is 1. The molecular formula is C15H26N2. The first-order valence-electron chi connectivity index (χ1n) is 6.46. The fraction of sp³-hybridized carbons (Fsp3) is 0.600. The second-order valence-corrected chi connectivity index (χ2v) is 5.59. The summed E-state index contributed by atoms with van der Waals surface area (Å²) < 4.78 is 0. The first-order valence-corrected chi connectivity index (χ1v) is 6.46. The number of benzene rings is 1. The Hall–Kier alpha value is -1.02. The lowest BCUT2D eigenvalue weighted by Gasteiger charge is -2.25. The van der Waals surface area contributed by atoms with Crippen molar-refractivity contribution >= 4 is 5.69 Å². The summed E-state index contributed by atoms with van der Waals surface area (Å²) in [4.78, 5) is 2.34. The molecule has 1 aromatic rings. The summed E-state index contributed by atoms with van der Waals surface area (Å²) in [5, 5.41) is 0. The van der Waals surface area contributed by atoms with Crippen molar-refractivity contribution in [2.45, 2.75) is 40.2 Å². The minimum absolute atomic E-state index is 0.211. The molecule has 0 saturated heterocycles. The molecule has 0 saturated carbocycles. The molecule has 0 heterocycles. The van der Waals surface area contributed by atoms with Gasteiger partial charge in [-0.1, -0.05) is 31.5 Å². The molecular weight excluding hydrogens is 208 g/mol. The van der Waals surface area contributed by atoms with Crippen molar-refractivity contribution in [3.05, 3.63) is 29.3 Å². The topological polar surface area (TPSA) is 29.3 Å². The molecule has 0 bridgehead atoms. The van der Waals surface area contributed by atoms with Gasteiger partial charge in [0.2, 0.25) is 0 Å². The Labute approximate surface area is 106 Å². The van der Waals surface area contributed by atoms with Crippen LogP contribution in [0.5, 0.6) is 0 Å². The predicted molar refractivity (Wildman–Crippen MR) is 76.6 cm³/mol. The van der Waals surface area contributed by atoms with Gasteiger partial charge in [-0.2, -0.15) is 0 Å². The Morgan fingerprint density at radius 1 is 1.24 bits per heavy atom. The molecule has 0 aliphatic heterocycles. The number of hydrogen-bond acceptors (Lipinski definition) is 2. The Bertz CT molecular complexity index is 356. The standard InChI is InChI=1S/C15H26N2/c1-11(2)10-17(5)15-7-6-12(3)8-14(15)9-13(4)16/h6-8,11,13H,9-10,16H2,1-5H3. The van der Waals surface area contributed by atoms with Gasteiger partial charge in [0, 0.05) is 25.3 Å². The van der Waals surface area contributed by atoms with Crippen LogP contribution < -0.4 is 10.6 Å². The molecule has 17 heavy (non-hydrogen) atoms. The van der Waals surface area contributed by atoms with E-state index in [1.54, 1.807) is 0 Å². The van der Waals surface area contributed by atoms with Crippen molar-refractivity contribution in [1.29, 1.82) is 0 Å². The lowest BCUT2D eigenvalue weighted by atomic mass is 10.0. The van der Waals surface area contributed by atoms with E-state index in [1.165, 1.54) is 16.8 Å². The molecule has 2 heteroatoms. The zero-order valence-electron chi connectivity index (χ0n) is 11.8. The van der Waals surface area contributed by atoms with E-state index in [0.717, 1.165) is 13.0 Å². The molecule has 0 fully saturated rings. The highest BCUT2D eigenvalue weighted by Gasteiger charge is 2.10. The molecule has 0 spiro atoms. The Morgan fingerprint density at radius 2 is 1.88 bits per heavy atom. The van der Waals surface area contributed by atoms with E-state index in [2.05, 4.69) is 57.8 Å². The lowest BCUT2D eigenvalue weighted by Crippen LogP contribution is -2.25. The summed E-state index contributed by atoms with van der Waals surface area (Å²) in [6.45, 7) is 9.77. The molecule has 1 rings (SSSR count). The molecule has 2 nitrogen and oxygen atoms in total. The van der Waals surface area contributed by atoms with Crippen LogP contribution in [0.15, 0.2) is 18.2 Å². The highest BCUT2D eigenvalue weighted by atomic mass is 15.1. The summed E-state index contributed by atoms with van der Waals surface area (Å²) in [6, 6.07) is 6.87. The fourth-order valence-corrected chi connectivity index (χ4v) is 2.24. The third-order valence-corrected chi connectivity index (χ3v) is 2.83. The van der Waals surface area contributed by atoms with Crippen LogP contribution in [0.2, 0.25) is 0 Å². The van der Waals surface area contributed by atoms with Crippen LogP contribution in [0.1, 0.15) is 31.9 Å². The normalized spacial score (nSPS) is 12.9. The van der Waals surface area contributed by atoms with Crippen LogP contribution in [0.3, 0.4) is 0 Å². The van der Waals surface area contributed by atoms with Gasteiger partial charge in [0.15, 0.2) is 0 Å². The molecule has 1 unspecified atom stereocenters. The zero-order chi connectivity index (χ0) is 13.0. The quantitative estimate of drug-likeness (QED) is 0.848. The third-order valence-electron chi connectivity index (χ3n) is 2.83. The van der Waals surface area contributed by atoms with Gasteiger partial charge in [0.25, 0.3) is 0 Å². The Morgan fingerprint density at radius 3 is 2.41 bits per heavy atom. The van der Waals surface area contributed by atoms with Gasteiger partial charge in [-0.3, -0.25) is 0 Å². The molecule has 1 aromatic carbocycles. The van der Waals surface area contributed by atoms with Gasteiger partial charge in [-0.25, -0.2) is 0 Å². The molecule has 96 valence electrons.